The molecule has 0 aromatic heterocycles. The lowest BCUT2D eigenvalue weighted by molar-refractivity contribution is -0.142. The van der Waals surface area contributed by atoms with Gasteiger partial charge in [0.2, 0.25) is 0 Å². The average Bonchev–Trinajstić information content (AvgIpc) is 1.98. The van der Waals surface area contributed by atoms with Crippen molar-refractivity contribution in [1.82, 2.24) is 4.90 Å². The first-order valence-electron chi connectivity index (χ1n) is 3.57. The molecule has 0 bridgehead atoms. The van der Waals surface area contributed by atoms with Gasteiger partial charge < -0.3 is 4.74 Å². The summed E-state index contributed by atoms with van der Waals surface area (Å²) in [5.74, 6) is -0.229. The molecule has 0 aliphatic heterocycles. The second kappa shape index (κ2) is 4.91. The molecular weight excluding hydrogens is 142 g/mol. The summed E-state index contributed by atoms with van der Waals surface area (Å²) < 4.78 is 4.75. The third-order valence-corrected chi connectivity index (χ3v) is 1.44. The number of esters is 1. The lowest BCUT2D eigenvalue weighted by Gasteiger charge is -2.16. The monoisotopic (exact) mass is 157 g/mol. The van der Waals surface area contributed by atoms with Gasteiger partial charge in [0, 0.05) is 0 Å². The van der Waals surface area contributed by atoms with Crippen molar-refractivity contribution in [2.45, 2.75) is 19.9 Å². The second-order valence-corrected chi connectivity index (χ2v) is 2.55. The van der Waals surface area contributed by atoms with E-state index in [1.54, 1.807) is 24.8 Å². The van der Waals surface area contributed by atoms with E-state index in [1.807, 2.05) is 14.1 Å². The number of allylic oxidation sites excluding steroid dienone is 1. The predicted octanol–water partition coefficient (Wildman–Crippen LogP) is 1.01. The normalized spacial score (nSPS) is 13.9. The fraction of sp³-hybridized carbons (Fsp3) is 0.625. The van der Waals surface area contributed by atoms with Gasteiger partial charge in [-0.2, -0.15) is 0 Å². The van der Waals surface area contributed by atoms with Crippen molar-refractivity contribution in [3.8, 4) is 0 Å². The van der Waals surface area contributed by atoms with E-state index in [1.165, 1.54) is 6.26 Å². The van der Waals surface area contributed by atoms with Gasteiger partial charge in [-0.3, -0.25) is 4.90 Å². The van der Waals surface area contributed by atoms with Crippen LogP contribution in [0.25, 0.3) is 0 Å². The Morgan fingerprint density at radius 3 is 2.45 bits per heavy atom. The number of carbonyl (C=O) groups is 1. The number of carbonyl (C=O) groups excluding carboxylic acids is 1. The maximum atomic E-state index is 11.0. The fourth-order valence-electron chi connectivity index (χ4n) is 0.444. The molecule has 0 amide bonds. The van der Waals surface area contributed by atoms with Crippen molar-refractivity contribution in [3.63, 3.8) is 0 Å². The quantitative estimate of drug-likeness (QED) is 0.452. The van der Waals surface area contributed by atoms with Gasteiger partial charge in [0.1, 0.15) is 6.04 Å². The highest BCUT2D eigenvalue weighted by Crippen LogP contribution is 1.95. The van der Waals surface area contributed by atoms with Gasteiger partial charge in [-0.1, -0.05) is 6.08 Å². The lowest BCUT2D eigenvalue weighted by Crippen LogP contribution is -2.33. The van der Waals surface area contributed by atoms with Crippen molar-refractivity contribution in [2.75, 3.05) is 14.1 Å². The van der Waals surface area contributed by atoms with Gasteiger partial charge in [0.25, 0.3) is 0 Å². The Bertz CT molecular complexity index is 152. The molecule has 0 spiro atoms. The summed E-state index contributed by atoms with van der Waals surface area (Å²) in [6, 6.07) is -0.189. The Morgan fingerprint density at radius 2 is 2.09 bits per heavy atom. The topological polar surface area (TPSA) is 29.5 Å². The first-order chi connectivity index (χ1) is 5.09. The van der Waals surface area contributed by atoms with Crippen LogP contribution in [-0.2, 0) is 9.53 Å². The molecule has 1 atom stereocenters. The van der Waals surface area contributed by atoms with Crippen LogP contribution >= 0.6 is 0 Å². The molecule has 3 heteroatoms. The largest absolute Gasteiger partial charge is 0.434 e. The summed E-state index contributed by atoms with van der Waals surface area (Å²) in [5, 5.41) is 0. The first kappa shape index (κ1) is 10.2. The zero-order chi connectivity index (χ0) is 8.85. The molecule has 0 saturated carbocycles. The summed E-state index contributed by atoms with van der Waals surface area (Å²) >= 11 is 0. The van der Waals surface area contributed by atoms with Gasteiger partial charge in [-0.25, -0.2) is 4.79 Å². The number of ether oxygens (including phenoxy) is 1. The minimum Gasteiger partial charge on any atom is -0.434 e. The summed E-state index contributed by atoms with van der Waals surface area (Å²) in [6.45, 7) is 3.60. The molecule has 0 fully saturated rings. The number of likely N-dealkylation sites (N-methyl/N-ethyl adjacent to an activating group) is 1. The maximum absolute atomic E-state index is 11.0. The van der Waals surface area contributed by atoms with Gasteiger partial charge >= 0.3 is 5.97 Å². The van der Waals surface area contributed by atoms with Crippen LogP contribution < -0.4 is 0 Å². The van der Waals surface area contributed by atoms with Gasteiger partial charge in [0.05, 0.1) is 6.26 Å². The number of nitrogens with zero attached hydrogens (tertiary/aromatic N) is 1. The smallest absolute Gasteiger partial charge is 0.327 e. The second-order valence-electron chi connectivity index (χ2n) is 2.55. The molecule has 0 rings (SSSR count). The Morgan fingerprint density at radius 1 is 1.55 bits per heavy atom. The molecule has 0 aromatic carbocycles. The van der Waals surface area contributed by atoms with Gasteiger partial charge in [0.15, 0.2) is 0 Å². The molecule has 0 aliphatic rings. The molecule has 0 heterocycles. The van der Waals surface area contributed by atoms with Gasteiger partial charge in [-0.05, 0) is 27.9 Å². The van der Waals surface area contributed by atoms with E-state index >= 15 is 0 Å². The van der Waals surface area contributed by atoms with Crippen LogP contribution in [0.1, 0.15) is 13.8 Å². The van der Waals surface area contributed by atoms with Crippen LogP contribution in [0.5, 0.6) is 0 Å². The molecular formula is C8H15NO2. The molecule has 0 aromatic rings. The molecule has 0 aliphatic carbocycles. The molecule has 1 unspecified atom stereocenters. The minimum absolute atomic E-state index is 0.189. The van der Waals surface area contributed by atoms with Crippen molar-refractivity contribution < 1.29 is 9.53 Å². The zero-order valence-electron chi connectivity index (χ0n) is 7.50. The highest BCUT2D eigenvalue weighted by molar-refractivity contribution is 5.75. The van der Waals surface area contributed by atoms with Crippen molar-refractivity contribution in [1.29, 1.82) is 0 Å². The third kappa shape index (κ3) is 3.78. The van der Waals surface area contributed by atoms with Crippen molar-refractivity contribution in [3.05, 3.63) is 12.3 Å². The number of rotatable bonds is 3. The highest BCUT2D eigenvalue weighted by atomic mass is 16.5. The summed E-state index contributed by atoms with van der Waals surface area (Å²) in [5.41, 5.74) is 0. The Kier molecular flexibility index (Phi) is 4.54. The van der Waals surface area contributed by atoms with Crippen LogP contribution in [0.3, 0.4) is 0 Å². The highest BCUT2D eigenvalue weighted by Gasteiger charge is 2.14. The van der Waals surface area contributed by atoms with E-state index in [0.29, 0.717) is 0 Å². The SMILES string of the molecule is C/C=C/OC(=O)C(C)N(C)C. The minimum atomic E-state index is -0.229. The molecule has 11 heavy (non-hydrogen) atoms. The third-order valence-electron chi connectivity index (χ3n) is 1.44. The summed E-state index contributed by atoms with van der Waals surface area (Å²) in [7, 11) is 3.67. The fourth-order valence-corrected chi connectivity index (χ4v) is 0.444. The summed E-state index contributed by atoms with van der Waals surface area (Å²) in [6.07, 6.45) is 3.07. The van der Waals surface area contributed by atoms with Crippen LogP contribution in [0.4, 0.5) is 0 Å². The molecule has 0 N–H and O–H groups in total. The molecule has 0 radical (unpaired) electrons. The van der Waals surface area contributed by atoms with E-state index in [-0.39, 0.29) is 12.0 Å². The van der Waals surface area contributed by atoms with Crippen LogP contribution in [-0.4, -0.2) is 31.0 Å². The molecule has 0 saturated heterocycles. The molecule has 3 nitrogen and oxygen atoms in total. The van der Waals surface area contributed by atoms with Crippen LogP contribution in [0, 0.1) is 0 Å². The van der Waals surface area contributed by atoms with Crippen LogP contribution in [0.2, 0.25) is 0 Å². The van der Waals surface area contributed by atoms with E-state index in [2.05, 4.69) is 0 Å². The molecule has 64 valence electrons. The van der Waals surface area contributed by atoms with Crippen molar-refractivity contribution in [2.24, 2.45) is 0 Å². The lowest BCUT2D eigenvalue weighted by atomic mass is 10.3. The van der Waals surface area contributed by atoms with E-state index in [9.17, 15) is 4.79 Å². The Balaban J connectivity index is 3.83. The zero-order valence-corrected chi connectivity index (χ0v) is 7.50. The summed E-state index contributed by atoms with van der Waals surface area (Å²) in [4.78, 5) is 12.8. The van der Waals surface area contributed by atoms with Gasteiger partial charge in [-0.15, -0.1) is 0 Å². The van der Waals surface area contributed by atoms with E-state index in [0.717, 1.165) is 0 Å². The maximum Gasteiger partial charge on any atom is 0.327 e. The predicted molar refractivity (Wildman–Crippen MR) is 44.1 cm³/mol. The Labute approximate surface area is 67.6 Å². The average molecular weight is 157 g/mol. The first-order valence-corrected chi connectivity index (χ1v) is 3.57. The van der Waals surface area contributed by atoms with Crippen LogP contribution in [0.15, 0.2) is 12.3 Å². The van der Waals surface area contributed by atoms with E-state index in [4.69, 9.17) is 4.74 Å². The standard InChI is InChI=1S/C8H15NO2/c1-5-6-11-8(10)7(2)9(3)4/h5-7H,1-4H3/b6-5+. The van der Waals surface area contributed by atoms with Crippen molar-refractivity contribution >= 4 is 5.97 Å². The Hall–Kier alpha value is -0.830. The van der Waals surface area contributed by atoms with E-state index < -0.39 is 0 Å². The number of hydrogen-bond acceptors (Lipinski definition) is 3. The number of hydrogen-bond donors (Lipinski definition) is 0.